The first-order valence-electron chi connectivity index (χ1n) is 11.5. The van der Waals surface area contributed by atoms with E-state index in [4.69, 9.17) is 16.3 Å². The average molecular weight is 541 g/mol. The van der Waals surface area contributed by atoms with E-state index in [0.29, 0.717) is 26.5 Å². The molecule has 1 amide bonds. The van der Waals surface area contributed by atoms with Gasteiger partial charge < -0.3 is 10.1 Å². The Morgan fingerprint density at radius 1 is 1.08 bits per heavy atom. The molecular weight excluding hydrogens is 521 g/mol. The highest BCUT2D eigenvalue weighted by Crippen LogP contribution is 2.32. The van der Waals surface area contributed by atoms with Gasteiger partial charge in [0.25, 0.3) is 5.91 Å². The van der Waals surface area contributed by atoms with Gasteiger partial charge in [-0.15, -0.1) is 0 Å². The molecule has 0 saturated carbocycles. The van der Waals surface area contributed by atoms with E-state index in [2.05, 4.69) is 27.4 Å². The Labute approximate surface area is 219 Å². The molecule has 1 N–H and O–H groups in total. The van der Waals surface area contributed by atoms with Gasteiger partial charge in [-0.25, -0.2) is 14.2 Å². The molecule has 0 bridgehead atoms. The number of benzene rings is 2. The van der Waals surface area contributed by atoms with Crippen LogP contribution in [-0.4, -0.2) is 30.3 Å². The van der Waals surface area contributed by atoms with Gasteiger partial charge in [0.2, 0.25) is 0 Å². The molecule has 2 aromatic carbocycles. The van der Waals surface area contributed by atoms with Crippen LogP contribution >= 0.6 is 11.6 Å². The summed E-state index contributed by atoms with van der Waals surface area (Å²) >= 11 is 5.89. The number of hydrogen-bond acceptors (Lipinski definition) is 5. The Bertz CT molecular complexity index is 1590. The van der Waals surface area contributed by atoms with Crippen LogP contribution in [0.3, 0.4) is 0 Å². The molecule has 3 heterocycles. The molecule has 0 spiro atoms. The third-order valence-corrected chi connectivity index (χ3v) is 5.93. The number of halogens is 4. The summed E-state index contributed by atoms with van der Waals surface area (Å²) < 4.78 is 49.3. The highest BCUT2D eigenvalue weighted by molar-refractivity contribution is 6.30. The molecule has 0 atom stereocenters. The van der Waals surface area contributed by atoms with Gasteiger partial charge >= 0.3 is 6.18 Å². The molecule has 3 aromatic heterocycles. The van der Waals surface area contributed by atoms with Crippen molar-refractivity contribution in [2.24, 2.45) is 0 Å². The van der Waals surface area contributed by atoms with Gasteiger partial charge in [-0.05, 0) is 42.3 Å². The van der Waals surface area contributed by atoms with Crippen LogP contribution in [0.1, 0.15) is 28.7 Å². The summed E-state index contributed by atoms with van der Waals surface area (Å²) in [5, 5.41) is 11.0. The maximum absolute atomic E-state index is 13.8. The van der Waals surface area contributed by atoms with E-state index < -0.39 is 17.8 Å². The lowest BCUT2D eigenvalue weighted by Crippen LogP contribution is -2.15. The number of fused-ring (bicyclic) bond motifs is 1. The summed E-state index contributed by atoms with van der Waals surface area (Å²) in [6, 6.07) is 16.0. The van der Waals surface area contributed by atoms with E-state index in [0.717, 1.165) is 12.5 Å². The number of aromatic nitrogens is 5. The predicted octanol–water partition coefficient (Wildman–Crippen LogP) is 6.12. The number of anilines is 1. The molecule has 12 heteroatoms. The van der Waals surface area contributed by atoms with Crippen molar-refractivity contribution in [2.75, 3.05) is 5.32 Å². The first kappa shape index (κ1) is 25.3. The lowest BCUT2D eigenvalue weighted by atomic mass is 10.1. The minimum Gasteiger partial charge on any atom is -0.471 e. The lowest BCUT2D eigenvalue weighted by Gasteiger charge is -2.11. The Hall–Kier alpha value is -4.38. The smallest absolute Gasteiger partial charge is 0.433 e. The van der Waals surface area contributed by atoms with Crippen molar-refractivity contribution in [3.63, 3.8) is 0 Å². The van der Waals surface area contributed by atoms with Crippen molar-refractivity contribution in [1.29, 1.82) is 0 Å². The van der Waals surface area contributed by atoms with Crippen molar-refractivity contribution in [3.8, 4) is 17.0 Å². The van der Waals surface area contributed by atoms with Gasteiger partial charge in [-0.2, -0.15) is 23.4 Å². The third-order valence-electron chi connectivity index (χ3n) is 5.68. The Kier molecular flexibility index (Phi) is 6.77. The Morgan fingerprint density at radius 2 is 1.82 bits per heavy atom. The maximum Gasteiger partial charge on any atom is 0.433 e. The van der Waals surface area contributed by atoms with E-state index in [1.165, 1.54) is 28.7 Å². The van der Waals surface area contributed by atoms with E-state index in [1.54, 1.807) is 24.3 Å². The van der Waals surface area contributed by atoms with E-state index in [9.17, 15) is 18.0 Å². The topological polar surface area (TPSA) is 86.3 Å². The monoisotopic (exact) mass is 540 g/mol. The van der Waals surface area contributed by atoms with Crippen LogP contribution in [0.25, 0.3) is 16.9 Å². The molecule has 5 rings (SSSR count). The van der Waals surface area contributed by atoms with Crippen molar-refractivity contribution in [2.45, 2.75) is 26.3 Å². The van der Waals surface area contributed by atoms with Gasteiger partial charge in [-0.3, -0.25) is 4.79 Å². The number of nitrogens with zero attached hydrogens (tertiary/aromatic N) is 5. The SMILES string of the molecule is CCc1ccc(OCn2cc(NC(=O)c3cc4nc(-c5ccc(Cl)cc5)cc(C(F)(F)F)n4n3)cn2)cc1. The largest absolute Gasteiger partial charge is 0.471 e. The predicted molar refractivity (Wildman–Crippen MR) is 135 cm³/mol. The van der Waals surface area contributed by atoms with E-state index in [-0.39, 0.29) is 23.8 Å². The van der Waals surface area contributed by atoms with Crippen LogP contribution in [0.4, 0.5) is 18.9 Å². The quantitative estimate of drug-likeness (QED) is 0.269. The highest BCUT2D eigenvalue weighted by atomic mass is 35.5. The molecule has 0 aliphatic rings. The summed E-state index contributed by atoms with van der Waals surface area (Å²) in [5.74, 6) is -0.0498. The van der Waals surface area contributed by atoms with Crippen LogP contribution in [0, 0.1) is 0 Å². The fourth-order valence-electron chi connectivity index (χ4n) is 3.71. The fraction of sp³-hybridized carbons (Fsp3) is 0.154. The van der Waals surface area contributed by atoms with Gasteiger partial charge in [0.15, 0.2) is 23.8 Å². The van der Waals surface area contributed by atoms with Crippen molar-refractivity contribution < 1.29 is 22.7 Å². The Balaban J connectivity index is 1.34. The molecular formula is C26H20ClF3N6O2. The highest BCUT2D eigenvalue weighted by Gasteiger charge is 2.35. The Morgan fingerprint density at radius 3 is 2.50 bits per heavy atom. The second kappa shape index (κ2) is 10.2. The molecule has 38 heavy (non-hydrogen) atoms. The molecule has 0 aliphatic heterocycles. The number of hydrogen-bond donors (Lipinski definition) is 1. The number of rotatable bonds is 7. The van der Waals surface area contributed by atoms with Crippen molar-refractivity contribution in [3.05, 3.63) is 95.0 Å². The van der Waals surface area contributed by atoms with Gasteiger partial charge in [0.05, 0.1) is 23.8 Å². The molecule has 194 valence electrons. The van der Waals surface area contributed by atoms with Crippen molar-refractivity contribution in [1.82, 2.24) is 24.4 Å². The van der Waals surface area contributed by atoms with Crippen molar-refractivity contribution >= 4 is 28.8 Å². The maximum atomic E-state index is 13.8. The van der Waals surface area contributed by atoms with Crippen LogP contribution in [0.15, 0.2) is 73.1 Å². The molecule has 0 fully saturated rings. The van der Waals surface area contributed by atoms with Gasteiger partial charge in [0, 0.05) is 16.7 Å². The fourth-order valence-corrected chi connectivity index (χ4v) is 3.84. The van der Waals surface area contributed by atoms with Crippen LogP contribution in [0.2, 0.25) is 5.02 Å². The molecule has 0 radical (unpaired) electrons. The third kappa shape index (κ3) is 5.47. The summed E-state index contributed by atoms with van der Waals surface area (Å²) in [7, 11) is 0. The van der Waals surface area contributed by atoms with Gasteiger partial charge in [0.1, 0.15) is 5.75 Å². The lowest BCUT2D eigenvalue weighted by molar-refractivity contribution is -0.142. The number of ether oxygens (including phenoxy) is 1. The summed E-state index contributed by atoms with van der Waals surface area (Å²) in [6.07, 6.45) is -0.882. The summed E-state index contributed by atoms with van der Waals surface area (Å²) in [4.78, 5) is 17.1. The zero-order valence-electron chi connectivity index (χ0n) is 19.9. The second-order valence-electron chi connectivity index (χ2n) is 8.32. The second-order valence-corrected chi connectivity index (χ2v) is 8.76. The first-order chi connectivity index (χ1) is 18.2. The van der Waals surface area contributed by atoms with E-state index >= 15 is 0 Å². The van der Waals surface area contributed by atoms with Crippen LogP contribution in [-0.2, 0) is 19.3 Å². The number of carbonyl (C=O) groups is 1. The average Bonchev–Trinajstić information content (AvgIpc) is 3.54. The number of aryl methyl sites for hydroxylation is 1. The normalized spacial score (nSPS) is 11.6. The molecule has 0 unspecified atom stereocenters. The minimum absolute atomic E-state index is 0.0685. The van der Waals surface area contributed by atoms with Gasteiger partial charge in [-0.1, -0.05) is 42.8 Å². The molecule has 0 aliphatic carbocycles. The summed E-state index contributed by atoms with van der Waals surface area (Å²) in [5.41, 5.74) is 0.576. The summed E-state index contributed by atoms with van der Waals surface area (Å²) in [6.45, 7) is 2.16. The molecule has 0 saturated heterocycles. The van der Waals surface area contributed by atoms with Crippen LogP contribution in [0.5, 0.6) is 5.75 Å². The zero-order valence-corrected chi connectivity index (χ0v) is 20.7. The zero-order chi connectivity index (χ0) is 26.9. The van der Waals surface area contributed by atoms with E-state index in [1.807, 2.05) is 24.3 Å². The number of alkyl halides is 3. The number of amides is 1. The molecule has 5 aromatic rings. The minimum atomic E-state index is -4.74. The van der Waals surface area contributed by atoms with Crippen LogP contribution < -0.4 is 10.1 Å². The first-order valence-corrected chi connectivity index (χ1v) is 11.9. The molecule has 8 nitrogen and oxygen atoms in total. The number of carbonyl (C=O) groups excluding carboxylic acids is 1. The standard InChI is InChI=1S/C26H20ClF3N6O2/c1-2-16-3-9-20(10-4-16)38-15-35-14-19(13-31-35)32-25(37)22-12-24-33-21(17-5-7-18(27)8-6-17)11-23(26(28,29)30)36(24)34-22/h3-14H,2,15H2,1H3,(H,32,37). The number of nitrogens with one attached hydrogen (secondary N) is 1.